The van der Waals surface area contributed by atoms with Gasteiger partial charge in [-0.15, -0.1) is 11.8 Å². The molecule has 1 amide bonds. The molecule has 0 radical (unpaired) electrons. The van der Waals surface area contributed by atoms with Crippen LogP contribution in [0.15, 0.2) is 48.5 Å². The number of thioether (sulfide) groups is 1. The van der Waals surface area contributed by atoms with E-state index in [0.717, 1.165) is 5.56 Å². The Morgan fingerprint density at radius 1 is 1.16 bits per heavy atom. The van der Waals surface area contributed by atoms with Crippen molar-refractivity contribution in [2.45, 2.75) is 31.6 Å². The quantitative estimate of drug-likeness (QED) is 0.883. The van der Waals surface area contributed by atoms with Crippen molar-refractivity contribution < 1.29 is 14.7 Å². The van der Waals surface area contributed by atoms with Crippen molar-refractivity contribution in [2.75, 3.05) is 10.7 Å². The highest BCUT2D eigenvalue weighted by Crippen LogP contribution is 2.42. The molecule has 0 spiro atoms. The van der Waals surface area contributed by atoms with Gasteiger partial charge in [0.05, 0.1) is 11.3 Å². The zero-order valence-electron chi connectivity index (χ0n) is 14.5. The lowest BCUT2D eigenvalue weighted by Gasteiger charge is -2.26. The van der Waals surface area contributed by atoms with Crippen LogP contribution in [-0.4, -0.2) is 22.7 Å². The first kappa shape index (κ1) is 17.5. The lowest BCUT2D eigenvalue weighted by atomic mass is 9.86. The van der Waals surface area contributed by atoms with E-state index in [0.29, 0.717) is 11.4 Å². The van der Waals surface area contributed by atoms with E-state index in [4.69, 9.17) is 0 Å². The predicted octanol–water partition coefficient (Wildman–Crippen LogP) is 4.46. The van der Waals surface area contributed by atoms with Crippen molar-refractivity contribution in [3.63, 3.8) is 0 Å². The van der Waals surface area contributed by atoms with Gasteiger partial charge < -0.3 is 5.11 Å². The summed E-state index contributed by atoms with van der Waals surface area (Å²) in [6, 6.07) is 14.9. The van der Waals surface area contributed by atoms with E-state index in [1.807, 2.05) is 0 Å². The Hall–Kier alpha value is -2.27. The van der Waals surface area contributed by atoms with Gasteiger partial charge in [-0.1, -0.05) is 51.1 Å². The maximum Gasteiger partial charge on any atom is 0.335 e. The second kappa shape index (κ2) is 6.56. The molecule has 2 aromatic carbocycles. The molecule has 2 aromatic rings. The Bertz CT molecular complexity index is 808. The van der Waals surface area contributed by atoms with Crippen LogP contribution in [0.2, 0.25) is 0 Å². The maximum atomic E-state index is 12.4. The minimum Gasteiger partial charge on any atom is -0.478 e. The second-order valence-corrected chi connectivity index (χ2v) is 8.22. The first-order valence-electron chi connectivity index (χ1n) is 8.15. The van der Waals surface area contributed by atoms with Gasteiger partial charge in [0.2, 0.25) is 5.91 Å². The van der Waals surface area contributed by atoms with E-state index < -0.39 is 5.97 Å². The third-order valence-electron chi connectivity index (χ3n) is 4.30. The molecular weight excluding hydrogens is 334 g/mol. The van der Waals surface area contributed by atoms with Crippen LogP contribution in [0.5, 0.6) is 0 Å². The maximum absolute atomic E-state index is 12.4. The molecule has 4 nitrogen and oxygen atoms in total. The van der Waals surface area contributed by atoms with E-state index in [-0.39, 0.29) is 22.3 Å². The van der Waals surface area contributed by atoms with Crippen LogP contribution >= 0.6 is 11.8 Å². The largest absolute Gasteiger partial charge is 0.478 e. The summed E-state index contributed by atoms with van der Waals surface area (Å²) in [7, 11) is 0. The highest BCUT2D eigenvalue weighted by molar-refractivity contribution is 8.00. The van der Waals surface area contributed by atoms with Crippen LogP contribution < -0.4 is 4.90 Å². The lowest BCUT2D eigenvalue weighted by molar-refractivity contribution is -0.115. The average Bonchev–Trinajstić information content (AvgIpc) is 2.96. The van der Waals surface area contributed by atoms with Gasteiger partial charge >= 0.3 is 5.97 Å². The van der Waals surface area contributed by atoms with Gasteiger partial charge in [-0.3, -0.25) is 9.69 Å². The highest BCUT2D eigenvalue weighted by Gasteiger charge is 2.34. The van der Waals surface area contributed by atoms with Crippen LogP contribution in [0.4, 0.5) is 5.69 Å². The van der Waals surface area contributed by atoms with Crippen LogP contribution in [0.3, 0.4) is 0 Å². The number of carboxylic acids is 1. The number of carbonyl (C=O) groups excluding carboxylic acids is 1. The van der Waals surface area contributed by atoms with E-state index in [9.17, 15) is 14.7 Å². The molecular formula is C20H21NO3S. The Labute approximate surface area is 151 Å². The summed E-state index contributed by atoms with van der Waals surface area (Å²) in [4.78, 5) is 25.3. The Morgan fingerprint density at radius 2 is 1.84 bits per heavy atom. The van der Waals surface area contributed by atoms with Crippen molar-refractivity contribution in [2.24, 2.45) is 0 Å². The molecule has 130 valence electrons. The summed E-state index contributed by atoms with van der Waals surface area (Å²) < 4.78 is 0. The Balaban J connectivity index is 1.95. The minimum atomic E-state index is -0.993. The normalized spacial score (nSPS) is 17.8. The Kier molecular flexibility index (Phi) is 4.60. The van der Waals surface area contributed by atoms with Gasteiger partial charge in [-0.25, -0.2) is 4.79 Å². The number of carboxylic acid groups (broad SMARTS) is 1. The van der Waals surface area contributed by atoms with Crippen molar-refractivity contribution in [3.05, 3.63) is 65.2 Å². The molecule has 25 heavy (non-hydrogen) atoms. The zero-order chi connectivity index (χ0) is 18.2. The second-order valence-electron chi connectivity index (χ2n) is 7.15. The molecule has 1 fully saturated rings. The van der Waals surface area contributed by atoms with Gasteiger partial charge in [0.15, 0.2) is 0 Å². The number of rotatable bonds is 3. The van der Waals surface area contributed by atoms with E-state index in [2.05, 4.69) is 45.0 Å². The molecule has 3 rings (SSSR count). The van der Waals surface area contributed by atoms with Crippen LogP contribution in [0, 0.1) is 0 Å². The Morgan fingerprint density at radius 3 is 2.44 bits per heavy atom. The first-order valence-corrected chi connectivity index (χ1v) is 9.20. The SMILES string of the molecule is CC(C)(C)c1ccc([C@H]2SCC(=O)N2c2cccc(C(=O)O)c2)cc1. The summed E-state index contributed by atoms with van der Waals surface area (Å²) in [6.07, 6.45) is 0. The molecule has 0 unspecified atom stereocenters. The average molecular weight is 355 g/mol. The zero-order valence-corrected chi connectivity index (χ0v) is 15.3. The lowest BCUT2D eigenvalue weighted by Crippen LogP contribution is -2.28. The van der Waals surface area contributed by atoms with E-state index >= 15 is 0 Å². The summed E-state index contributed by atoms with van der Waals surface area (Å²) in [5.74, 6) is -0.604. The highest BCUT2D eigenvalue weighted by atomic mass is 32.2. The van der Waals surface area contributed by atoms with Crippen molar-refractivity contribution >= 4 is 29.3 Å². The molecule has 1 heterocycles. The third-order valence-corrected chi connectivity index (χ3v) is 5.51. The number of anilines is 1. The number of aromatic carboxylic acids is 1. The fraction of sp³-hybridized carbons (Fsp3) is 0.300. The van der Waals surface area contributed by atoms with E-state index in [1.165, 1.54) is 11.6 Å². The number of hydrogen-bond acceptors (Lipinski definition) is 3. The first-order chi connectivity index (χ1) is 11.8. The number of carbonyl (C=O) groups is 2. The molecule has 1 saturated heterocycles. The molecule has 0 aliphatic carbocycles. The van der Waals surface area contributed by atoms with E-state index in [1.54, 1.807) is 34.9 Å². The summed E-state index contributed by atoms with van der Waals surface area (Å²) in [5.41, 5.74) is 3.17. The molecule has 5 heteroatoms. The van der Waals surface area contributed by atoms with Gasteiger partial charge in [0.25, 0.3) is 0 Å². The molecule has 0 aromatic heterocycles. The fourth-order valence-corrected chi connectivity index (χ4v) is 4.06. The summed E-state index contributed by atoms with van der Waals surface area (Å²) in [5, 5.41) is 9.07. The monoisotopic (exact) mass is 355 g/mol. The van der Waals surface area contributed by atoms with Crippen molar-refractivity contribution in [1.82, 2.24) is 0 Å². The van der Waals surface area contributed by atoms with Gasteiger partial charge in [-0.05, 0) is 34.7 Å². The predicted molar refractivity (Wildman–Crippen MR) is 101 cm³/mol. The smallest absolute Gasteiger partial charge is 0.335 e. The van der Waals surface area contributed by atoms with Gasteiger partial charge in [-0.2, -0.15) is 0 Å². The number of amides is 1. The third kappa shape index (κ3) is 3.56. The van der Waals surface area contributed by atoms with Crippen molar-refractivity contribution in [3.8, 4) is 0 Å². The van der Waals surface area contributed by atoms with Crippen LogP contribution in [-0.2, 0) is 10.2 Å². The number of benzene rings is 2. The standard InChI is InChI=1S/C20H21NO3S/c1-20(2,3)15-9-7-13(8-10-15)18-21(17(22)12-25-18)16-6-4-5-14(11-16)19(23)24/h4-11,18H,12H2,1-3H3,(H,23,24)/t18-/m1/s1. The molecule has 1 aliphatic rings. The number of hydrogen-bond donors (Lipinski definition) is 1. The number of nitrogens with zero attached hydrogens (tertiary/aromatic N) is 1. The molecule has 1 atom stereocenters. The fourth-order valence-electron chi connectivity index (χ4n) is 2.89. The molecule has 0 bridgehead atoms. The summed E-state index contributed by atoms with van der Waals surface area (Å²) in [6.45, 7) is 6.50. The molecule has 0 saturated carbocycles. The van der Waals surface area contributed by atoms with Crippen molar-refractivity contribution in [1.29, 1.82) is 0 Å². The molecule has 1 N–H and O–H groups in total. The summed E-state index contributed by atoms with van der Waals surface area (Å²) >= 11 is 1.56. The van der Waals surface area contributed by atoms with Gasteiger partial charge in [0.1, 0.15) is 5.37 Å². The molecule has 1 aliphatic heterocycles. The topological polar surface area (TPSA) is 57.6 Å². The van der Waals surface area contributed by atoms with Gasteiger partial charge in [0, 0.05) is 5.69 Å². The van der Waals surface area contributed by atoms with Crippen LogP contribution in [0.25, 0.3) is 0 Å². The minimum absolute atomic E-state index is 0.00237. The van der Waals surface area contributed by atoms with Crippen LogP contribution in [0.1, 0.15) is 47.6 Å².